The molecule has 0 saturated carbocycles. The Kier molecular flexibility index (Phi) is 5.59. The highest BCUT2D eigenvalue weighted by atomic mass is 32.2. The standard InChI is InChI=1S/C20H16FN5O5S2/c1-10-3-6-16(32-10)33(30,31)25-18(27)11-7-14(21)17(23-9-11)26-19(28)13-5-4-12(22-2)8-15(13)24-20(26)29/h3-9,22H,1-2H3,(H,24,29)(H,25,27). The van der Waals surface area contributed by atoms with Crippen LogP contribution in [0, 0.1) is 12.7 Å². The predicted molar refractivity (Wildman–Crippen MR) is 121 cm³/mol. The number of aryl methyl sites for hydroxylation is 1. The van der Waals surface area contributed by atoms with Gasteiger partial charge in [-0.2, -0.15) is 0 Å². The van der Waals surface area contributed by atoms with Crippen LogP contribution in [0.5, 0.6) is 0 Å². The van der Waals surface area contributed by atoms with Crippen LogP contribution in [0.1, 0.15) is 15.2 Å². The van der Waals surface area contributed by atoms with Gasteiger partial charge in [0.1, 0.15) is 4.21 Å². The molecule has 0 bridgehead atoms. The van der Waals surface area contributed by atoms with Gasteiger partial charge in [-0.05, 0) is 43.3 Å². The molecule has 0 aliphatic heterocycles. The lowest BCUT2D eigenvalue weighted by atomic mass is 10.2. The summed E-state index contributed by atoms with van der Waals surface area (Å²) >= 11 is 0.968. The Balaban J connectivity index is 1.71. The second-order valence-corrected chi connectivity index (χ2v) is 10.1. The first-order valence-corrected chi connectivity index (χ1v) is 11.7. The molecule has 13 heteroatoms. The maximum absolute atomic E-state index is 14.8. The van der Waals surface area contributed by atoms with E-state index in [0.29, 0.717) is 16.3 Å². The molecule has 0 fully saturated rings. The molecule has 10 nitrogen and oxygen atoms in total. The van der Waals surface area contributed by atoms with E-state index in [1.54, 1.807) is 32.2 Å². The Morgan fingerprint density at radius 1 is 1.18 bits per heavy atom. The van der Waals surface area contributed by atoms with Crippen molar-refractivity contribution in [1.82, 2.24) is 19.3 Å². The number of anilines is 1. The summed E-state index contributed by atoms with van der Waals surface area (Å²) in [7, 11) is -2.48. The van der Waals surface area contributed by atoms with Crippen molar-refractivity contribution in [1.29, 1.82) is 0 Å². The Labute approximate surface area is 189 Å². The number of carbonyl (C=O) groups excluding carboxylic acids is 1. The third-order valence-electron chi connectivity index (χ3n) is 4.69. The number of fused-ring (bicyclic) bond motifs is 1. The Morgan fingerprint density at radius 3 is 2.58 bits per heavy atom. The highest BCUT2D eigenvalue weighted by Gasteiger charge is 2.22. The van der Waals surface area contributed by atoms with Crippen molar-refractivity contribution in [2.24, 2.45) is 0 Å². The van der Waals surface area contributed by atoms with Gasteiger partial charge >= 0.3 is 5.69 Å². The monoisotopic (exact) mass is 489 g/mol. The van der Waals surface area contributed by atoms with Gasteiger partial charge in [0.25, 0.3) is 21.5 Å². The number of amides is 1. The van der Waals surface area contributed by atoms with E-state index in [1.165, 1.54) is 12.1 Å². The lowest BCUT2D eigenvalue weighted by molar-refractivity contribution is 0.0980. The van der Waals surface area contributed by atoms with Crippen LogP contribution in [0.2, 0.25) is 0 Å². The highest BCUT2D eigenvalue weighted by Crippen LogP contribution is 2.21. The van der Waals surface area contributed by atoms with Crippen LogP contribution in [-0.2, 0) is 10.0 Å². The summed E-state index contributed by atoms with van der Waals surface area (Å²) in [6.45, 7) is 1.71. The van der Waals surface area contributed by atoms with E-state index < -0.39 is 44.4 Å². The van der Waals surface area contributed by atoms with Gasteiger partial charge in [0.05, 0.1) is 16.5 Å². The molecular formula is C20H16FN5O5S2. The Bertz CT molecular complexity index is 1640. The molecule has 170 valence electrons. The lowest BCUT2D eigenvalue weighted by Gasteiger charge is -2.09. The van der Waals surface area contributed by atoms with E-state index in [0.717, 1.165) is 22.4 Å². The van der Waals surface area contributed by atoms with Gasteiger partial charge in [0.15, 0.2) is 11.6 Å². The molecule has 3 aromatic heterocycles. The number of H-pyrrole nitrogens is 1. The number of benzene rings is 1. The van der Waals surface area contributed by atoms with Crippen molar-refractivity contribution in [3.8, 4) is 5.82 Å². The number of carbonyl (C=O) groups is 1. The van der Waals surface area contributed by atoms with Crippen molar-refractivity contribution < 1.29 is 17.6 Å². The minimum Gasteiger partial charge on any atom is -0.388 e. The second kappa shape index (κ2) is 8.26. The molecule has 0 spiro atoms. The molecular weight excluding hydrogens is 473 g/mol. The summed E-state index contributed by atoms with van der Waals surface area (Å²) in [4.78, 5) is 44.7. The van der Waals surface area contributed by atoms with Gasteiger partial charge in [0.2, 0.25) is 0 Å². The zero-order valence-electron chi connectivity index (χ0n) is 17.2. The van der Waals surface area contributed by atoms with Gasteiger partial charge in [-0.15, -0.1) is 11.3 Å². The summed E-state index contributed by atoms with van der Waals surface area (Å²) < 4.78 is 41.8. The number of hydrogen-bond donors (Lipinski definition) is 3. The van der Waals surface area contributed by atoms with Crippen molar-refractivity contribution in [3.63, 3.8) is 0 Å². The van der Waals surface area contributed by atoms with Crippen LogP contribution in [0.4, 0.5) is 10.1 Å². The summed E-state index contributed by atoms with van der Waals surface area (Å²) in [5.74, 6) is -2.90. The quantitative estimate of drug-likeness (QED) is 0.387. The van der Waals surface area contributed by atoms with Gasteiger partial charge in [-0.25, -0.2) is 31.9 Å². The minimum atomic E-state index is -4.15. The summed E-state index contributed by atoms with van der Waals surface area (Å²) in [5.41, 5.74) is -1.24. The number of rotatable bonds is 5. The number of sulfonamides is 1. The summed E-state index contributed by atoms with van der Waals surface area (Å²) in [6.07, 6.45) is 0.878. The van der Waals surface area contributed by atoms with Crippen molar-refractivity contribution in [3.05, 3.63) is 79.7 Å². The molecule has 3 N–H and O–H groups in total. The van der Waals surface area contributed by atoms with Gasteiger partial charge in [0, 0.05) is 23.8 Å². The maximum atomic E-state index is 14.8. The van der Waals surface area contributed by atoms with Crippen LogP contribution in [-0.4, -0.2) is 35.9 Å². The third kappa shape index (κ3) is 4.15. The molecule has 0 atom stereocenters. The van der Waals surface area contributed by atoms with Crippen LogP contribution in [0.25, 0.3) is 16.7 Å². The molecule has 33 heavy (non-hydrogen) atoms. The average molecular weight is 490 g/mol. The fourth-order valence-corrected chi connectivity index (χ4v) is 5.33. The van der Waals surface area contributed by atoms with E-state index in [9.17, 15) is 27.2 Å². The number of aromatic amines is 1. The number of nitrogens with zero attached hydrogens (tertiary/aromatic N) is 2. The molecule has 0 aliphatic rings. The van der Waals surface area contributed by atoms with E-state index >= 15 is 0 Å². The number of thiophene rings is 1. The summed E-state index contributed by atoms with van der Waals surface area (Å²) in [5, 5.41) is 2.99. The van der Waals surface area contributed by atoms with E-state index in [-0.39, 0.29) is 15.1 Å². The number of hydrogen-bond acceptors (Lipinski definition) is 8. The van der Waals surface area contributed by atoms with E-state index in [1.807, 2.05) is 4.72 Å². The summed E-state index contributed by atoms with van der Waals surface area (Å²) in [6, 6.07) is 8.25. The maximum Gasteiger partial charge on any atom is 0.334 e. The van der Waals surface area contributed by atoms with E-state index in [4.69, 9.17) is 0 Å². The largest absolute Gasteiger partial charge is 0.388 e. The molecule has 0 radical (unpaired) electrons. The Hall–Kier alpha value is -3.84. The average Bonchev–Trinajstić information content (AvgIpc) is 3.21. The topological polar surface area (TPSA) is 143 Å². The van der Waals surface area contributed by atoms with Crippen molar-refractivity contribution in [2.45, 2.75) is 11.1 Å². The smallest absolute Gasteiger partial charge is 0.334 e. The minimum absolute atomic E-state index is 0.0749. The first kappa shape index (κ1) is 22.4. The van der Waals surface area contributed by atoms with Crippen LogP contribution in [0.3, 0.4) is 0 Å². The molecule has 1 amide bonds. The van der Waals surface area contributed by atoms with Crippen LogP contribution in [0.15, 0.2) is 56.4 Å². The highest BCUT2D eigenvalue weighted by molar-refractivity contribution is 7.92. The fraction of sp³-hybridized carbons (Fsp3) is 0.100. The lowest BCUT2D eigenvalue weighted by Crippen LogP contribution is -2.35. The normalized spacial score (nSPS) is 11.5. The second-order valence-electron chi connectivity index (χ2n) is 6.91. The van der Waals surface area contributed by atoms with Crippen LogP contribution >= 0.6 is 11.3 Å². The number of nitrogens with one attached hydrogen (secondary N) is 3. The van der Waals surface area contributed by atoms with Crippen molar-refractivity contribution >= 4 is 43.9 Å². The predicted octanol–water partition coefficient (Wildman–Crippen LogP) is 1.74. The molecule has 0 saturated heterocycles. The zero-order chi connectivity index (χ0) is 23.9. The van der Waals surface area contributed by atoms with Gasteiger partial charge in [-0.3, -0.25) is 9.59 Å². The first-order chi connectivity index (χ1) is 15.6. The van der Waals surface area contributed by atoms with Gasteiger partial charge in [-0.1, -0.05) is 0 Å². The zero-order valence-corrected chi connectivity index (χ0v) is 18.8. The third-order valence-corrected chi connectivity index (χ3v) is 7.51. The van der Waals surface area contributed by atoms with Crippen molar-refractivity contribution in [2.75, 3.05) is 12.4 Å². The number of halogens is 1. The molecule has 0 unspecified atom stereocenters. The molecule has 4 rings (SSSR count). The number of aromatic nitrogens is 3. The molecule has 1 aromatic carbocycles. The van der Waals surface area contributed by atoms with Gasteiger partial charge < -0.3 is 10.3 Å². The SMILES string of the molecule is CNc1ccc2c(=O)n(-c3ncc(C(=O)NS(=O)(=O)c4ccc(C)s4)cc3F)c(=O)[nH]c2c1. The van der Waals surface area contributed by atoms with Crippen LogP contribution < -0.4 is 21.3 Å². The fourth-order valence-electron chi connectivity index (χ4n) is 3.07. The Morgan fingerprint density at radius 2 is 1.94 bits per heavy atom. The molecule has 0 aliphatic carbocycles. The number of pyridine rings is 1. The molecule has 4 aromatic rings. The molecule has 3 heterocycles. The first-order valence-electron chi connectivity index (χ1n) is 9.37. The van der Waals surface area contributed by atoms with E-state index in [2.05, 4.69) is 15.3 Å².